The number of nitrogens with zero attached hydrogens (tertiary/aromatic N) is 2. The highest BCUT2D eigenvalue weighted by Crippen LogP contribution is 2.22. The summed E-state index contributed by atoms with van der Waals surface area (Å²) in [6.07, 6.45) is 16.8. The van der Waals surface area contributed by atoms with Crippen LogP contribution in [-0.2, 0) is 17.9 Å². The minimum absolute atomic E-state index is 0.0356. The van der Waals surface area contributed by atoms with E-state index in [2.05, 4.69) is 54.4 Å². The second-order valence-electron chi connectivity index (χ2n) is 10.4. The Balaban J connectivity index is 1.42. The Morgan fingerprint density at radius 2 is 1.53 bits per heavy atom. The molecule has 5 heteroatoms. The Kier molecular flexibility index (Phi) is 13.4. The molecule has 0 N–H and O–H groups in total. The molecule has 0 spiro atoms. The first-order chi connectivity index (χ1) is 18.5. The van der Waals surface area contributed by atoms with Crippen LogP contribution in [0.25, 0.3) is 0 Å². The third kappa shape index (κ3) is 11.0. The summed E-state index contributed by atoms with van der Waals surface area (Å²) in [6.45, 7) is 8.10. The van der Waals surface area contributed by atoms with Crippen molar-refractivity contribution in [3.63, 3.8) is 0 Å². The van der Waals surface area contributed by atoms with E-state index in [1.165, 1.54) is 74.6 Å². The van der Waals surface area contributed by atoms with E-state index < -0.39 is 0 Å². The number of aryl methyl sites for hydroxylation is 1. The van der Waals surface area contributed by atoms with Crippen LogP contribution in [0.1, 0.15) is 100 Å². The van der Waals surface area contributed by atoms with Gasteiger partial charge in [0.2, 0.25) is 11.4 Å². The molecule has 0 aliphatic carbocycles. The lowest BCUT2D eigenvalue weighted by atomic mass is 10.1. The monoisotopic (exact) mass is 535 g/mol. The number of carbonyl (C=O) groups excluding carboxylic acids is 1. The van der Waals surface area contributed by atoms with Crippen molar-refractivity contribution in [1.82, 2.24) is 0 Å². The molecule has 1 amide bonds. The topological polar surface area (TPSA) is 33.4 Å². The zero-order valence-corrected chi connectivity index (χ0v) is 24.6. The van der Waals surface area contributed by atoms with E-state index in [0.717, 1.165) is 36.6 Å². The molecule has 0 unspecified atom stereocenters. The summed E-state index contributed by atoms with van der Waals surface area (Å²) in [5.74, 6) is 0.921. The van der Waals surface area contributed by atoms with Gasteiger partial charge in [-0.1, -0.05) is 107 Å². The first kappa shape index (κ1) is 29.9. The van der Waals surface area contributed by atoms with Gasteiger partial charge < -0.3 is 9.64 Å². The molecule has 3 aromatic rings. The molecule has 38 heavy (non-hydrogen) atoms. The Labute approximate surface area is 234 Å². The summed E-state index contributed by atoms with van der Waals surface area (Å²) in [5, 5.41) is 0. The summed E-state index contributed by atoms with van der Waals surface area (Å²) in [5.41, 5.74) is 5.31. The summed E-state index contributed by atoms with van der Waals surface area (Å²) in [7, 11) is 0. The highest BCUT2D eigenvalue weighted by Gasteiger charge is 2.14. The van der Waals surface area contributed by atoms with E-state index in [4.69, 9.17) is 4.74 Å². The summed E-state index contributed by atoms with van der Waals surface area (Å²) in [6, 6.07) is 16.5. The second kappa shape index (κ2) is 17.0. The molecule has 1 heterocycles. The molecule has 0 fully saturated rings. The maximum Gasteiger partial charge on any atom is 0.225 e. The Hall–Kier alpha value is -2.66. The predicted molar refractivity (Wildman–Crippen MR) is 160 cm³/mol. The van der Waals surface area contributed by atoms with Crippen LogP contribution in [0.15, 0.2) is 60.2 Å². The number of benzene rings is 2. The van der Waals surface area contributed by atoms with Crippen molar-refractivity contribution in [2.75, 3.05) is 11.5 Å². The predicted octanol–water partition coefficient (Wildman–Crippen LogP) is 8.64. The lowest BCUT2D eigenvalue weighted by Crippen LogP contribution is -2.31. The average molecular weight is 536 g/mol. The zero-order chi connectivity index (χ0) is 27.0. The molecule has 0 aliphatic heterocycles. The number of amides is 1. The van der Waals surface area contributed by atoms with Crippen LogP contribution in [0, 0.1) is 6.92 Å². The normalized spacial score (nSPS) is 11.0. The van der Waals surface area contributed by atoms with Crippen LogP contribution < -0.4 is 14.2 Å². The number of thiazole rings is 1. The Morgan fingerprint density at radius 3 is 2.18 bits per heavy atom. The number of unbranched alkanes of at least 4 members (excludes halogenated alkanes) is 10. The van der Waals surface area contributed by atoms with Crippen molar-refractivity contribution in [3.05, 3.63) is 76.2 Å². The van der Waals surface area contributed by atoms with Gasteiger partial charge in [0.05, 0.1) is 18.0 Å². The molecule has 2 aromatic carbocycles. The minimum Gasteiger partial charge on any atom is -0.494 e. The van der Waals surface area contributed by atoms with E-state index in [-0.39, 0.29) is 5.91 Å². The fourth-order valence-corrected chi connectivity index (χ4v) is 5.45. The van der Waals surface area contributed by atoms with Gasteiger partial charge in [0, 0.05) is 18.2 Å². The molecule has 0 aliphatic rings. The number of hydrogen-bond acceptors (Lipinski definition) is 3. The first-order valence-corrected chi connectivity index (χ1v) is 15.5. The molecule has 0 radical (unpaired) electrons. The van der Waals surface area contributed by atoms with Crippen molar-refractivity contribution >= 4 is 22.9 Å². The lowest BCUT2D eigenvalue weighted by molar-refractivity contribution is -0.683. The van der Waals surface area contributed by atoms with Crippen LogP contribution in [0.5, 0.6) is 5.75 Å². The fraction of sp³-hybridized carbons (Fsp3) is 0.515. The molecular formula is C33H47N2O2S+. The Morgan fingerprint density at radius 1 is 0.868 bits per heavy atom. The molecule has 206 valence electrons. The van der Waals surface area contributed by atoms with Gasteiger partial charge in [-0.2, -0.15) is 4.57 Å². The van der Waals surface area contributed by atoms with Gasteiger partial charge in [0.1, 0.15) is 5.75 Å². The van der Waals surface area contributed by atoms with Crippen LogP contribution in [0.2, 0.25) is 0 Å². The Bertz CT molecular complexity index is 1090. The van der Waals surface area contributed by atoms with E-state index in [0.29, 0.717) is 6.54 Å². The third-order valence-corrected chi connectivity index (χ3v) is 7.80. The summed E-state index contributed by atoms with van der Waals surface area (Å²) >= 11 is 1.74. The highest BCUT2D eigenvalue weighted by atomic mass is 32.1. The molecule has 1 aromatic heterocycles. The van der Waals surface area contributed by atoms with E-state index >= 15 is 0 Å². The van der Waals surface area contributed by atoms with E-state index in [1.807, 2.05) is 29.2 Å². The number of hydrogen-bond donors (Lipinski definition) is 0. The second-order valence-corrected chi connectivity index (χ2v) is 11.5. The van der Waals surface area contributed by atoms with Gasteiger partial charge >= 0.3 is 0 Å². The van der Waals surface area contributed by atoms with Crippen molar-refractivity contribution in [2.24, 2.45) is 0 Å². The van der Waals surface area contributed by atoms with Gasteiger partial charge in [-0.05, 0) is 43.2 Å². The van der Waals surface area contributed by atoms with Gasteiger partial charge in [0.25, 0.3) is 0 Å². The van der Waals surface area contributed by atoms with Crippen LogP contribution in [0.3, 0.4) is 0 Å². The van der Waals surface area contributed by atoms with Crippen LogP contribution in [-0.4, -0.2) is 12.5 Å². The summed E-state index contributed by atoms with van der Waals surface area (Å²) < 4.78 is 8.25. The molecule has 0 bridgehead atoms. The van der Waals surface area contributed by atoms with Gasteiger partial charge in [-0.25, -0.2) is 0 Å². The van der Waals surface area contributed by atoms with Gasteiger partial charge in [0.15, 0.2) is 12.7 Å². The first-order valence-electron chi connectivity index (χ1n) is 14.6. The van der Waals surface area contributed by atoms with Crippen LogP contribution >= 0.6 is 11.3 Å². The largest absolute Gasteiger partial charge is 0.494 e. The molecular weight excluding hydrogens is 488 g/mol. The molecule has 4 nitrogen and oxygen atoms in total. The number of rotatable bonds is 18. The minimum atomic E-state index is 0.0356. The average Bonchev–Trinajstić information content (AvgIpc) is 3.32. The maximum atomic E-state index is 12.6. The fourth-order valence-electron chi connectivity index (χ4n) is 4.82. The molecule has 0 atom stereocenters. The van der Waals surface area contributed by atoms with Crippen molar-refractivity contribution in [3.8, 4) is 5.75 Å². The van der Waals surface area contributed by atoms with Crippen molar-refractivity contribution in [1.29, 1.82) is 0 Å². The van der Waals surface area contributed by atoms with E-state index in [1.54, 1.807) is 18.3 Å². The van der Waals surface area contributed by atoms with Crippen molar-refractivity contribution in [2.45, 2.75) is 104 Å². The SMILES string of the molecule is CCCCCCCCCCCCCOc1cccc(CN(C(C)=O)c2cccc(C[n+]3csc(C)c3)c2)c1. The number of carbonyl (C=O) groups is 1. The summed E-state index contributed by atoms with van der Waals surface area (Å²) in [4.78, 5) is 15.7. The number of aromatic nitrogens is 1. The standard InChI is InChI=1S/C33H47N2O2S/c1-4-5-6-7-8-9-10-11-12-13-14-21-37-33-20-16-18-31(23-33)26-35(29(3)36)32-19-15-17-30(22-32)25-34-24-28(2)38-27-34/h15-20,22-24,27H,4-14,21,25-26H2,1-3H3/q+1. The number of ether oxygens (including phenoxy) is 1. The number of anilines is 1. The van der Waals surface area contributed by atoms with Crippen molar-refractivity contribution < 1.29 is 14.1 Å². The lowest BCUT2D eigenvalue weighted by Gasteiger charge is -2.22. The van der Waals surface area contributed by atoms with E-state index in [9.17, 15) is 4.79 Å². The smallest absolute Gasteiger partial charge is 0.225 e. The van der Waals surface area contributed by atoms with Gasteiger partial charge in [-0.3, -0.25) is 4.79 Å². The van der Waals surface area contributed by atoms with Crippen LogP contribution in [0.4, 0.5) is 5.69 Å². The molecule has 0 saturated carbocycles. The quantitative estimate of drug-likeness (QED) is 0.121. The highest BCUT2D eigenvalue weighted by molar-refractivity contribution is 7.09. The van der Waals surface area contributed by atoms with Gasteiger partial charge in [-0.15, -0.1) is 0 Å². The molecule has 0 saturated heterocycles. The zero-order valence-electron chi connectivity index (χ0n) is 23.8. The maximum absolute atomic E-state index is 12.6. The third-order valence-electron chi connectivity index (χ3n) is 6.94. The molecule has 3 rings (SSSR count).